The summed E-state index contributed by atoms with van der Waals surface area (Å²) in [7, 11) is 0. The molecule has 2 aliphatic heterocycles. The first kappa shape index (κ1) is 30.2. The van der Waals surface area contributed by atoms with Crippen molar-refractivity contribution >= 4 is 29.7 Å². The number of aliphatic carboxylic acids is 1. The molecule has 2 aromatic carbocycles. The Morgan fingerprint density at radius 3 is 2.51 bits per heavy atom. The number of carbonyl (C=O) groups excluding carboxylic acids is 2. The van der Waals surface area contributed by atoms with E-state index in [0.717, 1.165) is 61.2 Å². The van der Waals surface area contributed by atoms with Crippen LogP contribution in [0.25, 0.3) is 6.08 Å². The molecule has 41 heavy (non-hydrogen) atoms. The van der Waals surface area contributed by atoms with E-state index >= 15 is 0 Å². The summed E-state index contributed by atoms with van der Waals surface area (Å²) in [6.45, 7) is 8.10. The number of benzene rings is 2. The largest absolute Gasteiger partial charge is 0.481 e. The smallest absolute Gasteiger partial charge is 0.410 e. The van der Waals surface area contributed by atoms with Gasteiger partial charge in [0.1, 0.15) is 11.6 Å². The maximum Gasteiger partial charge on any atom is 0.410 e. The van der Waals surface area contributed by atoms with Gasteiger partial charge in [-0.15, -0.1) is 0 Å². The number of hydrogen-bond acceptors (Lipinski definition) is 5. The lowest BCUT2D eigenvalue weighted by Crippen LogP contribution is -2.42. The molecule has 0 bridgehead atoms. The monoisotopic (exact) mass is 561 g/mol. The van der Waals surface area contributed by atoms with Crippen molar-refractivity contribution in [3.8, 4) is 0 Å². The molecule has 220 valence electrons. The number of ether oxygens (including phenoxy) is 1. The molecule has 8 nitrogen and oxygen atoms in total. The second-order valence-corrected chi connectivity index (χ2v) is 12.1. The van der Waals surface area contributed by atoms with E-state index in [2.05, 4.69) is 17.5 Å². The number of carbonyl (C=O) groups is 3. The number of hydrogen-bond donors (Lipinski definition) is 2. The number of nitrogens with zero attached hydrogens (tertiary/aromatic N) is 2. The van der Waals surface area contributed by atoms with E-state index < -0.39 is 17.6 Å². The van der Waals surface area contributed by atoms with E-state index in [0.29, 0.717) is 25.4 Å². The van der Waals surface area contributed by atoms with Crippen molar-refractivity contribution in [2.75, 3.05) is 25.0 Å². The highest BCUT2D eigenvalue weighted by Gasteiger charge is 2.31. The van der Waals surface area contributed by atoms with Crippen LogP contribution in [-0.4, -0.2) is 64.2 Å². The predicted molar refractivity (Wildman–Crippen MR) is 160 cm³/mol. The first-order valence-electron chi connectivity index (χ1n) is 14.7. The summed E-state index contributed by atoms with van der Waals surface area (Å²) < 4.78 is 5.50. The van der Waals surface area contributed by atoms with E-state index in [9.17, 15) is 19.5 Å². The van der Waals surface area contributed by atoms with Gasteiger partial charge in [-0.25, -0.2) is 4.79 Å². The third-order valence-electron chi connectivity index (χ3n) is 7.64. The number of nitrogens with one attached hydrogen (secondary N) is 1. The Labute approximate surface area is 243 Å². The van der Waals surface area contributed by atoms with Gasteiger partial charge in [0.15, 0.2) is 0 Å². The standard InChI is InChI=1S/C33H43N3O5/c1-33(2,3)41-32(40)35-18-15-25(16-19-35)11-7-8-12-26-13-14-27-23-36(20-17-24-9-5-4-6-10-24)31(39)29(22-30(37)38)34-28(27)21-26/h4-6,8-10,12-14,21,25,29,34H,7,11,15-20,22-23H2,1-3H3,(H,37,38)/b12-8-/t29-/m1/s1. The van der Waals surface area contributed by atoms with E-state index in [1.807, 2.05) is 74.2 Å². The van der Waals surface area contributed by atoms with Gasteiger partial charge in [-0.1, -0.05) is 54.6 Å². The van der Waals surface area contributed by atoms with E-state index in [1.165, 1.54) is 0 Å². The van der Waals surface area contributed by atoms with Crippen molar-refractivity contribution in [3.63, 3.8) is 0 Å². The number of carboxylic acids is 1. The zero-order chi connectivity index (χ0) is 29.4. The van der Waals surface area contributed by atoms with Crippen LogP contribution in [0.5, 0.6) is 0 Å². The molecule has 2 N–H and O–H groups in total. The second kappa shape index (κ2) is 13.7. The number of rotatable bonds is 9. The average Bonchev–Trinajstić information content (AvgIpc) is 3.05. The number of fused-ring (bicyclic) bond motifs is 1. The fourth-order valence-electron chi connectivity index (χ4n) is 5.42. The van der Waals surface area contributed by atoms with Crippen molar-refractivity contribution in [3.05, 3.63) is 71.3 Å². The molecule has 1 fully saturated rings. The molecule has 8 heteroatoms. The minimum absolute atomic E-state index is 0.186. The molecule has 2 heterocycles. The number of piperidine rings is 1. The average molecular weight is 562 g/mol. The molecule has 0 saturated carbocycles. The fourth-order valence-corrected chi connectivity index (χ4v) is 5.42. The summed E-state index contributed by atoms with van der Waals surface area (Å²) in [4.78, 5) is 40.7. The summed E-state index contributed by atoms with van der Waals surface area (Å²) in [6.07, 6.45) is 8.44. The number of allylic oxidation sites excluding steroid dienone is 1. The van der Waals surface area contributed by atoms with Gasteiger partial charge in [0.25, 0.3) is 0 Å². The van der Waals surface area contributed by atoms with Crippen LogP contribution in [0.1, 0.15) is 69.6 Å². The van der Waals surface area contributed by atoms with Gasteiger partial charge in [-0.3, -0.25) is 9.59 Å². The third kappa shape index (κ3) is 9.10. The van der Waals surface area contributed by atoms with Crippen LogP contribution >= 0.6 is 0 Å². The highest BCUT2D eigenvalue weighted by atomic mass is 16.6. The van der Waals surface area contributed by atoms with E-state index in [-0.39, 0.29) is 18.4 Å². The molecule has 2 amide bonds. The molecule has 1 atom stereocenters. The molecule has 0 aliphatic carbocycles. The molecule has 2 aromatic rings. The van der Waals surface area contributed by atoms with Crippen LogP contribution in [-0.2, 0) is 27.3 Å². The number of anilines is 1. The maximum absolute atomic E-state index is 13.3. The minimum atomic E-state index is -1.00. The summed E-state index contributed by atoms with van der Waals surface area (Å²) >= 11 is 0. The van der Waals surface area contributed by atoms with Crippen LogP contribution in [0, 0.1) is 5.92 Å². The zero-order valence-electron chi connectivity index (χ0n) is 24.5. The predicted octanol–water partition coefficient (Wildman–Crippen LogP) is 5.97. The number of likely N-dealkylation sites (tertiary alicyclic amines) is 1. The molecule has 1 saturated heterocycles. The molecular formula is C33H43N3O5. The SMILES string of the molecule is CC(C)(C)OC(=O)N1CCC(CC/C=C\c2ccc3c(c2)N[C@H](CC(=O)O)C(=O)N(CCc2ccccc2)C3)CC1. The zero-order valence-corrected chi connectivity index (χ0v) is 24.5. The van der Waals surface area contributed by atoms with Gasteiger partial charge in [0.2, 0.25) is 5.91 Å². The summed E-state index contributed by atoms with van der Waals surface area (Å²) in [5, 5.41) is 12.7. The number of carboxylic acid groups (broad SMARTS) is 1. The van der Waals surface area contributed by atoms with Crippen LogP contribution in [0.2, 0.25) is 0 Å². The first-order chi connectivity index (χ1) is 19.6. The Kier molecular flexibility index (Phi) is 10.1. The van der Waals surface area contributed by atoms with Gasteiger partial charge in [-0.05, 0) is 81.5 Å². The van der Waals surface area contributed by atoms with Crippen LogP contribution < -0.4 is 5.32 Å². The topological polar surface area (TPSA) is 99.2 Å². The molecule has 4 rings (SSSR count). The van der Waals surface area contributed by atoms with Crippen LogP contribution in [0.15, 0.2) is 54.6 Å². The first-order valence-corrected chi connectivity index (χ1v) is 14.7. The Morgan fingerprint density at radius 2 is 1.83 bits per heavy atom. The molecule has 0 spiro atoms. The molecule has 0 aromatic heterocycles. The van der Waals surface area contributed by atoms with Crippen molar-refractivity contribution in [2.24, 2.45) is 5.92 Å². The van der Waals surface area contributed by atoms with E-state index in [1.54, 1.807) is 4.90 Å². The molecule has 0 radical (unpaired) electrons. The van der Waals surface area contributed by atoms with Gasteiger partial charge < -0.3 is 25.0 Å². The van der Waals surface area contributed by atoms with Crippen molar-refractivity contribution in [2.45, 2.75) is 77.5 Å². The molecular weight excluding hydrogens is 518 g/mol. The summed E-state index contributed by atoms with van der Waals surface area (Å²) in [5.41, 5.74) is 3.46. The quantitative estimate of drug-likeness (QED) is 0.392. The van der Waals surface area contributed by atoms with Crippen molar-refractivity contribution < 1.29 is 24.2 Å². The van der Waals surface area contributed by atoms with E-state index in [4.69, 9.17) is 4.74 Å². The summed E-state index contributed by atoms with van der Waals surface area (Å²) in [5.74, 6) is -0.610. The van der Waals surface area contributed by atoms with Gasteiger partial charge in [0, 0.05) is 31.9 Å². The van der Waals surface area contributed by atoms with Gasteiger partial charge >= 0.3 is 12.1 Å². The third-order valence-corrected chi connectivity index (χ3v) is 7.64. The molecule has 0 unspecified atom stereocenters. The Morgan fingerprint density at radius 1 is 1.10 bits per heavy atom. The Bertz CT molecular complexity index is 1230. The lowest BCUT2D eigenvalue weighted by Gasteiger charge is -2.33. The van der Waals surface area contributed by atoms with Crippen LogP contribution in [0.4, 0.5) is 10.5 Å². The van der Waals surface area contributed by atoms with Crippen LogP contribution in [0.3, 0.4) is 0 Å². The maximum atomic E-state index is 13.3. The van der Waals surface area contributed by atoms with Crippen molar-refractivity contribution in [1.82, 2.24) is 9.80 Å². The van der Waals surface area contributed by atoms with Gasteiger partial charge in [0.05, 0.1) is 6.42 Å². The fraction of sp³-hybridized carbons (Fsp3) is 0.485. The Hall–Kier alpha value is -3.81. The normalized spacial score (nSPS) is 18.1. The Balaban J connectivity index is 1.33. The lowest BCUT2D eigenvalue weighted by atomic mass is 9.92. The summed E-state index contributed by atoms with van der Waals surface area (Å²) in [6, 6.07) is 15.3. The van der Waals surface area contributed by atoms with Crippen molar-refractivity contribution in [1.29, 1.82) is 0 Å². The highest BCUT2D eigenvalue weighted by molar-refractivity contribution is 5.90. The lowest BCUT2D eigenvalue weighted by molar-refractivity contribution is -0.141. The highest BCUT2D eigenvalue weighted by Crippen LogP contribution is 2.27. The number of amides is 2. The molecule has 2 aliphatic rings. The minimum Gasteiger partial charge on any atom is -0.481 e. The van der Waals surface area contributed by atoms with Gasteiger partial charge in [-0.2, -0.15) is 0 Å². The second-order valence-electron chi connectivity index (χ2n) is 12.1.